The highest BCUT2D eigenvalue weighted by molar-refractivity contribution is 6.29. The van der Waals surface area contributed by atoms with Crippen molar-refractivity contribution in [3.8, 4) is 0 Å². The summed E-state index contributed by atoms with van der Waals surface area (Å²) < 4.78 is 3.56. The highest BCUT2D eigenvalue weighted by Gasteiger charge is 2.21. The molecule has 2 aromatic heterocycles. The Morgan fingerprint density at radius 1 is 1.07 bits per heavy atom. The molecular weight excluding hydrogens is 368 g/mol. The summed E-state index contributed by atoms with van der Waals surface area (Å²) in [6.07, 6.45) is 0. The van der Waals surface area contributed by atoms with E-state index in [0.29, 0.717) is 5.56 Å². The molecule has 0 amide bonds. The summed E-state index contributed by atoms with van der Waals surface area (Å²) in [5.41, 5.74) is 0.869. The number of Topliss-reactive ketones (excluding diaryl/α,β-unsaturated/α-hetero) is 1. The maximum Gasteiger partial charge on any atom is 0.332 e. The van der Waals surface area contributed by atoms with Crippen molar-refractivity contribution in [2.45, 2.75) is 32.7 Å². The number of hydrogen-bond acceptors (Lipinski definition) is 4. The van der Waals surface area contributed by atoms with Crippen molar-refractivity contribution in [2.75, 3.05) is 0 Å². The normalized spacial score (nSPS) is 11.9. The van der Waals surface area contributed by atoms with E-state index < -0.39 is 11.2 Å². The number of imidazole rings is 1. The minimum atomic E-state index is -0.539. The van der Waals surface area contributed by atoms with Gasteiger partial charge in [-0.3, -0.25) is 18.7 Å². The van der Waals surface area contributed by atoms with E-state index in [9.17, 15) is 14.4 Å². The Bertz CT molecular complexity index is 1160. The highest BCUT2D eigenvalue weighted by Crippen LogP contribution is 2.23. The van der Waals surface area contributed by atoms with Crippen LogP contribution in [0.5, 0.6) is 0 Å². The maximum absolute atomic E-state index is 12.7. The van der Waals surface area contributed by atoms with Crippen molar-refractivity contribution >= 4 is 28.5 Å². The molecule has 0 saturated heterocycles. The molecule has 3 aromatic rings. The molecule has 27 heavy (non-hydrogen) atoms. The molecule has 0 atom stereocenters. The van der Waals surface area contributed by atoms with Gasteiger partial charge in [0.1, 0.15) is 0 Å². The van der Waals surface area contributed by atoms with E-state index >= 15 is 0 Å². The fraction of sp³-hybridized carbons (Fsp3) is 0.368. The Balaban J connectivity index is 2.05. The van der Waals surface area contributed by atoms with Crippen LogP contribution in [-0.2, 0) is 26.1 Å². The largest absolute Gasteiger partial charge is 0.332 e. The highest BCUT2D eigenvalue weighted by atomic mass is 35.5. The van der Waals surface area contributed by atoms with Gasteiger partial charge in [-0.05, 0) is 22.6 Å². The molecule has 8 heteroatoms. The van der Waals surface area contributed by atoms with Gasteiger partial charge in [0.25, 0.3) is 5.56 Å². The number of fused-ring (bicyclic) bond motifs is 1. The summed E-state index contributed by atoms with van der Waals surface area (Å²) in [7, 11) is 2.88. The molecule has 0 fully saturated rings. The molecule has 0 radical (unpaired) electrons. The van der Waals surface area contributed by atoms with Crippen LogP contribution in [0.1, 0.15) is 36.7 Å². The van der Waals surface area contributed by atoms with Crippen molar-refractivity contribution < 1.29 is 4.79 Å². The van der Waals surface area contributed by atoms with Gasteiger partial charge in [-0.2, -0.15) is 4.98 Å². The third kappa shape index (κ3) is 3.23. The van der Waals surface area contributed by atoms with E-state index in [1.54, 1.807) is 12.1 Å². The van der Waals surface area contributed by atoms with Crippen LogP contribution < -0.4 is 11.2 Å². The molecular formula is C19H21ClN4O3. The lowest BCUT2D eigenvalue weighted by Gasteiger charge is -2.19. The predicted octanol–water partition coefficient (Wildman–Crippen LogP) is 2.27. The molecule has 0 bridgehead atoms. The molecule has 0 aliphatic heterocycles. The second-order valence-electron chi connectivity index (χ2n) is 7.60. The minimum Gasteiger partial charge on any atom is -0.301 e. The summed E-state index contributed by atoms with van der Waals surface area (Å²) in [6.45, 7) is 6.15. The van der Waals surface area contributed by atoms with Crippen molar-refractivity contribution in [3.05, 3.63) is 61.5 Å². The number of rotatable bonds is 3. The molecule has 0 saturated carbocycles. The van der Waals surface area contributed by atoms with Gasteiger partial charge in [-0.25, -0.2) is 4.79 Å². The zero-order valence-electron chi connectivity index (χ0n) is 15.9. The first-order valence-corrected chi connectivity index (χ1v) is 8.85. The average Bonchev–Trinajstić information content (AvgIpc) is 2.94. The first-order valence-electron chi connectivity index (χ1n) is 8.48. The summed E-state index contributed by atoms with van der Waals surface area (Å²) >= 11 is 6.17. The first kappa shape index (κ1) is 19.1. The number of carbonyl (C=O) groups excluding carboxylic acids is 1. The average molecular weight is 389 g/mol. The van der Waals surface area contributed by atoms with Crippen LogP contribution in [0, 0.1) is 0 Å². The third-order valence-electron chi connectivity index (χ3n) is 4.68. The van der Waals surface area contributed by atoms with Gasteiger partial charge in [-0.15, -0.1) is 0 Å². The van der Waals surface area contributed by atoms with E-state index in [1.807, 2.05) is 12.1 Å². The number of hydrogen-bond donors (Lipinski definition) is 0. The molecule has 2 heterocycles. The standard InChI is InChI=1S/C19H21ClN4O3/c1-19(2,3)12-8-6-11(7-9-12)13(25)10-24-14-15(21-17(24)20)22(4)18(27)23(5)16(14)26/h6-9H,10H2,1-5H3. The minimum absolute atomic E-state index is 0.0111. The zero-order valence-corrected chi connectivity index (χ0v) is 16.7. The Morgan fingerprint density at radius 3 is 2.22 bits per heavy atom. The van der Waals surface area contributed by atoms with Gasteiger partial charge < -0.3 is 4.57 Å². The summed E-state index contributed by atoms with van der Waals surface area (Å²) in [4.78, 5) is 41.4. The van der Waals surface area contributed by atoms with Crippen LogP contribution >= 0.6 is 11.6 Å². The van der Waals surface area contributed by atoms with E-state index in [0.717, 1.165) is 10.1 Å². The molecule has 0 N–H and O–H groups in total. The molecule has 7 nitrogen and oxygen atoms in total. The third-order valence-corrected chi connectivity index (χ3v) is 4.96. The number of nitrogens with zero attached hydrogens (tertiary/aromatic N) is 4. The smallest absolute Gasteiger partial charge is 0.301 e. The zero-order chi connectivity index (χ0) is 20.1. The number of carbonyl (C=O) groups is 1. The van der Waals surface area contributed by atoms with Crippen LogP contribution in [0.4, 0.5) is 0 Å². The molecule has 0 spiro atoms. The van der Waals surface area contributed by atoms with Gasteiger partial charge in [0, 0.05) is 19.7 Å². The van der Waals surface area contributed by atoms with Crippen LogP contribution in [0.15, 0.2) is 33.9 Å². The number of aryl methyl sites for hydroxylation is 1. The van der Waals surface area contributed by atoms with Crippen molar-refractivity contribution in [2.24, 2.45) is 14.1 Å². The second-order valence-corrected chi connectivity index (χ2v) is 7.93. The second kappa shape index (κ2) is 6.49. The monoisotopic (exact) mass is 388 g/mol. The van der Waals surface area contributed by atoms with Crippen molar-refractivity contribution in [1.29, 1.82) is 0 Å². The fourth-order valence-electron chi connectivity index (χ4n) is 2.96. The van der Waals surface area contributed by atoms with E-state index in [4.69, 9.17) is 11.6 Å². The Morgan fingerprint density at radius 2 is 1.67 bits per heavy atom. The van der Waals surface area contributed by atoms with Crippen LogP contribution in [0.25, 0.3) is 11.2 Å². The number of ketones is 1. The van der Waals surface area contributed by atoms with E-state index in [2.05, 4.69) is 25.8 Å². The van der Waals surface area contributed by atoms with Gasteiger partial charge >= 0.3 is 5.69 Å². The predicted molar refractivity (Wildman–Crippen MR) is 105 cm³/mol. The van der Waals surface area contributed by atoms with Crippen LogP contribution in [-0.4, -0.2) is 24.5 Å². The summed E-state index contributed by atoms with van der Waals surface area (Å²) in [6, 6.07) is 7.38. The lowest BCUT2D eigenvalue weighted by atomic mass is 9.86. The Kier molecular flexibility index (Phi) is 4.59. The molecule has 3 rings (SSSR count). The van der Waals surface area contributed by atoms with Gasteiger partial charge in [-0.1, -0.05) is 45.0 Å². The summed E-state index contributed by atoms with van der Waals surface area (Å²) in [5, 5.41) is -0.0111. The molecule has 0 unspecified atom stereocenters. The first-order chi connectivity index (χ1) is 12.5. The fourth-order valence-corrected chi connectivity index (χ4v) is 3.18. The molecule has 0 aliphatic rings. The lowest BCUT2D eigenvalue weighted by Crippen LogP contribution is -2.37. The molecule has 0 aliphatic carbocycles. The number of benzene rings is 1. The molecule has 142 valence electrons. The van der Waals surface area contributed by atoms with E-state index in [-0.39, 0.29) is 34.2 Å². The molecule has 1 aromatic carbocycles. The number of halogens is 1. The SMILES string of the molecule is Cn1c(=O)c2c(nc(Cl)n2CC(=O)c2ccc(C(C)(C)C)cc2)n(C)c1=O. The Labute approximate surface area is 160 Å². The van der Waals surface area contributed by atoms with Crippen molar-refractivity contribution in [1.82, 2.24) is 18.7 Å². The van der Waals surface area contributed by atoms with Gasteiger partial charge in [0.15, 0.2) is 16.9 Å². The van der Waals surface area contributed by atoms with E-state index in [1.165, 1.54) is 23.2 Å². The number of aromatic nitrogens is 4. The quantitative estimate of drug-likeness (QED) is 0.509. The maximum atomic E-state index is 12.7. The van der Waals surface area contributed by atoms with Crippen LogP contribution in [0.2, 0.25) is 5.28 Å². The van der Waals surface area contributed by atoms with Gasteiger partial charge in [0.2, 0.25) is 5.28 Å². The summed E-state index contributed by atoms with van der Waals surface area (Å²) in [5.74, 6) is -0.201. The van der Waals surface area contributed by atoms with Gasteiger partial charge in [0.05, 0.1) is 6.54 Å². The Hall–Kier alpha value is -2.67. The topological polar surface area (TPSA) is 78.9 Å². The lowest BCUT2D eigenvalue weighted by molar-refractivity contribution is 0.0973. The van der Waals surface area contributed by atoms with Crippen LogP contribution in [0.3, 0.4) is 0 Å². The van der Waals surface area contributed by atoms with Crippen molar-refractivity contribution in [3.63, 3.8) is 0 Å².